The molecule has 6 nitrogen and oxygen atoms in total. The molecule has 0 fully saturated rings. The van der Waals surface area contributed by atoms with Crippen molar-refractivity contribution in [3.8, 4) is 22.8 Å². The van der Waals surface area contributed by atoms with E-state index in [1.807, 2.05) is 24.3 Å². The largest absolute Gasteiger partial charge is 0.497 e. The molecule has 7 heteroatoms. The molecule has 0 spiro atoms. The maximum absolute atomic E-state index is 5.99. The number of hydrogen-bond donors (Lipinski definition) is 1. The Balaban J connectivity index is 2.07. The fourth-order valence-electron chi connectivity index (χ4n) is 1.99. The van der Waals surface area contributed by atoms with Gasteiger partial charge in [-0.1, -0.05) is 11.6 Å². The van der Waals surface area contributed by atoms with Crippen molar-refractivity contribution in [1.29, 1.82) is 0 Å². The highest BCUT2D eigenvalue weighted by molar-refractivity contribution is 6.31. The van der Waals surface area contributed by atoms with E-state index in [4.69, 9.17) is 22.1 Å². The van der Waals surface area contributed by atoms with Crippen LogP contribution in [0, 0.1) is 0 Å². The molecule has 106 valence electrons. The van der Waals surface area contributed by atoms with Crippen LogP contribution in [0.1, 0.15) is 0 Å². The Bertz CT molecular complexity index is 769. The number of rotatable bonds is 3. The van der Waals surface area contributed by atoms with Crippen molar-refractivity contribution in [3.63, 3.8) is 0 Å². The van der Waals surface area contributed by atoms with Gasteiger partial charge in [-0.05, 0) is 52.9 Å². The van der Waals surface area contributed by atoms with Crippen LogP contribution in [-0.4, -0.2) is 27.3 Å². The van der Waals surface area contributed by atoms with Crippen LogP contribution in [0.15, 0.2) is 42.5 Å². The van der Waals surface area contributed by atoms with Gasteiger partial charge in [-0.15, -0.1) is 5.10 Å². The molecule has 1 aromatic heterocycles. The molecular weight excluding hydrogens is 290 g/mol. The molecule has 2 aromatic carbocycles. The molecule has 0 aliphatic heterocycles. The van der Waals surface area contributed by atoms with Crippen molar-refractivity contribution in [2.45, 2.75) is 0 Å². The molecule has 0 atom stereocenters. The van der Waals surface area contributed by atoms with Gasteiger partial charge in [0.25, 0.3) is 0 Å². The van der Waals surface area contributed by atoms with Gasteiger partial charge in [-0.25, -0.2) is 0 Å². The summed E-state index contributed by atoms with van der Waals surface area (Å²) in [6, 6.07) is 12.6. The fourth-order valence-corrected chi connectivity index (χ4v) is 2.17. The highest BCUT2D eigenvalue weighted by atomic mass is 35.5. The number of nitrogen functional groups attached to an aromatic ring is 1. The molecule has 0 saturated heterocycles. The smallest absolute Gasteiger partial charge is 0.189 e. The van der Waals surface area contributed by atoms with Crippen LogP contribution >= 0.6 is 11.6 Å². The van der Waals surface area contributed by atoms with Crippen molar-refractivity contribution in [2.24, 2.45) is 0 Å². The molecule has 0 aliphatic rings. The summed E-state index contributed by atoms with van der Waals surface area (Å²) in [5.41, 5.74) is 8.05. The normalized spacial score (nSPS) is 10.6. The van der Waals surface area contributed by atoms with Crippen LogP contribution in [0.3, 0.4) is 0 Å². The van der Waals surface area contributed by atoms with Crippen LogP contribution in [0.25, 0.3) is 17.1 Å². The third kappa shape index (κ3) is 2.53. The molecule has 0 saturated carbocycles. The number of tetrazole rings is 1. The number of halogens is 1. The highest BCUT2D eigenvalue weighted by Gasteiger charge is 2.13. The molecule has 0 aliphatic carbocycles. The summed E-state index contributed by atoms with van der Waals surface area (Å²) in [5, 5.41) is 12.3. The summed E-state index contributed by atoms with van der Waals surface area (Å²) in [6.45, 7) is 0. The molecular formula is C14H12ClN5O. The SMILES string of the molecule is COc1ccc(-n2nnnc2-c2ccc(Cl)cc2N)cc1. The minimum absolute atomic E-state index is 0.520. The van der Waals surface area contributed by atoms with Crippen molar-refractivity contribution in [3.05, 3.63) is 47.5 Å². The summed E-state index contributed by atoms with van der Waals surface area (Å²) in [6.07, 6.45) is 0. The average Bonchev–Trinajstić information content (AvgIpc) is 2.96. The Morgan fingerprint density at radius 2 is 1.90 bits per heavy atom. The molecule has 0 unspecified atom stereocenters. The number of methoxy groups -OCH3 is 1. The molecule has 3 rings (SSSR count). The zero-order valence-electron chi connectivity index (χ0n) is 11.2. The Morgan fingerprint density at radius 3 is 2.57 bits per heavy atom. The zero-order valence-corrected chi connectivity index (χ0v) is 11.9. The number of aromatic nitrogens is 4. The Morgan fingerprint density at radius 1 is 1.14 bits per heavy atom. The molecule has 0 amide bonds. The van der Waals surface area contributed by atoms with E-state index >= 15 is 0 Å². The van der Waals surface area contributed by atoms with Crippen LogP contribution in [-0.2, 0) is 0 Å². The van der Waals surface area contributed by atoms with Gasteiger partial charge >= 0.3 is 0 Å². The molecule has 0 radical (unpaired) electrons. The predicted octanol–water partition coefficient (Wildman–Crippen LogP) is 2.57. The Hall–Kier alpha value is -2.60. The van der Waals surface area contributed by atoms with Crippen molar-refractivity contribution in [2.75, 3.05) is 12.8 Å². The number of hydrogen-bond acceptors (Lipinski definition) is 5. The lowest BCUT2D eigenvalue weighted by Gasteiger charge is -2.08. The lowest BCUT2D eigenvalue weighted by Crippen LogP contribution is -2.01. The fraction of sp³-hybridized carbons (Fsp3) is 0.0714. The predicted molar refractivity (Wildman–Crippen MR) is 80.6 cm³/mol. The standard InChI is InChI=1S/C14H12ClN5O/c1-21-11-5-3-10(4-6-11)20-14(17-18-19-20)12-7-2-9(15)8-13(12)16/h2-8H,16H2,1H3. The lowest BCUT2D eigenvalue weighted by molar-refractivity contribution is 0.414. The third-order valence-corrected chi connectivity index (χ3v) is 3.28. The molecule has 1 heterocycles. The van der Waals surface area contributed by atoms with Gasteiger partial charge in [0.15, 0.2) is 5.82 Å². The number of nitrogens with two attached hydrogens (primary N) is 1. The van der Waals surface area contributed by atoms with Crippen molar-refractivity contribution >= 4 is 17.3 Å². The molecule has 0 bridgehead atoms. The first-order valence-electron chi connectivity index (χ1n) is 6.17. The molecule has 21 heavy (non-hydrogen) atoms. The van der Waals surface area contributed by atoms with E-state index in [2.05, 4.69) is 15.5 Å². The van der Waals surface area contributed by atoms with Gasteiger partial charge in [-0.2, -0.15) is 4.68 Å². The van der Waals surface area contributed by atoms with E-state index in [-0.39, 0.29) is 0 Å². The first-order chi connectivity index (χ1) is 10.2. The van der Waals surface area contributed by atoms with Gasteiger partial charge in [0, 0.05) is 16.3 Å². The minimum atomic E-state index is 0.520. The van der Waals surface area contributed by atoms with Crippen molar-refractivity contribution in [1.82, 2.24) is 20.2 Å². The first kappa shape index (κ1) is 13.4. The maximum Gasteiger partial charge on any atom is 0.189 e. The Kier molecular flexibility index (Phi) is 3.45. The molecule has 2 N–H and O–H groups in total. The van der Waals surface area contributed by atoms with E-state index < -0.39 is 0 Å². The summed E-state index contributed by atoms with van der Waals surface area (Å²) >= 11 is 5.92. The van der Waals surface area contributed by atoms with Crippen molar-refractivity contribution < 1.29 is 4.74 Å². The topological polar surface area (TPSA) is 78.8 Å². The summed E-state index contributed by atoms with van der Waals surface area (Å²) in [7, 11) is 1.62. The minimum Gasteiger partial charge on any atom is -0.497 e. The highest BCUT2D eigenvalue weighted by Crippen LogP contribution is 2.28. The van der Waals surface area contributed by atoms with Crippen LogP contribution in [0.2, 0.25) is 5.02 Å². The molecule has 3 aromatic rings. The number of ether oxygens (including phenoxy) is 1. The van der Waals surface area contributed by atoms with Gasteiger partial charge in [-0.3, -0.25) is 0 Å². The van der Waals surface area contributed by atoms with Gasteiger partial charge in [0.2, 0.25) is 0 Å². The number of nitrogens with zero attached hydrogens (tertiary/aromatic N) is 4. The quantitative estimate of drug-likeness (QED) is 0.752. The van der Waals surface area contributed by atoms with Crippen LogP contribution in [0.5, 0.6) is 5.75 Å². The number of anilines is 1. The van der Waals surface area contributed by atoms with E-state index in [0.29, 0.717) is 16.5 Å². The maximum atomic E-state index is 5.99. The zero-order chi connectivity index (χ0) is 14.8. The van der Waals surface area contributed by atoms with Gasteiger partial charge in [0.1, 0.15) is 5.75 Å². The second-order valence-electron chi connectivity index (χ2n) is 4.34. The van der Waals surface area contributed by atoms with E-state index in [1.54, 1.807) is 30.0 Å². The van der Waals surface area contributed by atoms with Gasteiger partial charge < -0.3 is 10.5 Å². The first-order valence-corrected chi connectivity index (χ1v) is 6.55. The Labute approximate surface area is 126 Å². The lowest BCUT2D eigenvalue weighted by atomic mass is 10.1. The third-order valence-electron chi connectivity index (χ3n) is 3.04. The second kappa shape index (κ2) is 5.41. The van der Waals surface area contributed by atoms with Gasteiger partial charge in [0.05, 0.1) is 12.8 Å². The second-order valence-corrected chi connectivity index (χ2v) is 4.78. The van der Waals surface area contributed by atoms with E-state index in [0.717, 1.165) is 17.0 Å². The average molecular weight is 302 g/mol. The van der Waals surface area contributed by atoms with E-state index in [9.17, 15) is 0 Å². The summed E-state index contributed by atoms with van der Waals surface area (Å²) < 4.78 is 6.75. The summed E-state index contributed by atoms with van der Waals surface area (Å²) in [5.74, 6) is 1.31. The monoisotopic (exact) mass is 301 g/mol. The number of benzene rings is 2. The van der Waals surface area contributed by atoms with Crippen LogP contribution in [0.4, 0.5) is 5.69 Å². The van der Waals surface area contributed by atoms with E-state index in [1.165, 1.54) is 0 Å². The van der Waals surface area contributed by atoms with Crippen LogP contribution < -0.4 is 10.5 Å². The summed E-state index contributed by atoms with van der Waals surface area (Å²) in [4.78, 5) is 0.